The quantitative estimate of drug-likeness (QED) is 0.628. The summed E-state index contributed by atoms with van der Waals surface area (Å²) >= 11 is 0. The number of hydrogen-bond donors (Lipinski definition) is 1. The SMILES string of the molecule is C=C/C(=C\C)c1ccc(C2C(C#N)=C(N)OC3=C2C(=O)Cc2ccc(F)cc23)cc1.CC. The van der Waals surface area contributed by atoms with Gasteiger partial charge in [0.25, 0.3) is 0 Å². The predicted octanol–water partition coefficient (Wildman–Crippen LogP) is 5.79. The van der Waals surface area contributed by atoms with E-state index in [9.17, 15) is 14.4 Å². The van der Waals surface area contributed by atoms with Crippen LogP contribution in [0.4, 0.5) is 4.39 Å². The molecule has 4 rings (SSSR count). The van der Waals surface area contributed by atoms with Gasteiger partial charge in [0, 0.05) is 12.0 Å². The average Bonchev–Trinajstić information content (AvgIpc) is 2.81. The van der Waals surface area contributed by atoms with E-state index in [0.29, 0.717) is 16.7 Å². The van der Waals surface area contributed by atoms with Gasteiger partial charge in [-0.1, -0.05) is 62.9 Å². The number of nitriles is 1. The van der Waals surface area contributed by atoms with Gasteiger partial charge in [0.15, 0.2) is 5.78 Å². The molecule has 1 aliphatic heterocycles. The number of fused-ring (bicyclic) bond motifs is 2. The van der Waals surface area contributed by atoms with Crippen molar-refractivity contribution in [3.8, 4) is 6.07 Å². The topological polar surface area (TPSA) is 76.1 Å². The van der Waals surface area contributed by atoms with Crippen LogP contribution in [0.2, 0.25) is 0 Å². The van der Waals surface area contributed by atoms with E-state index in [1.165, 1.54) is 12.1 Å². The van der Waals surface area contributed by atoms with Gasteiger partial charge in [-0.25, -0.2) is 4.39 Å². The van der Waals surface area contributed by atoms with E-state index in [1.807, 2.05) is 51.1 Å². The van der Waals surface area contributed by atoms with Gasteiger partial charge < -0.3 is 10.5 Å². The highest BCUT2D eigenvalue weighted by atomic mass is 19.1. The molecule has 2 N–H and O–H groups in total. The van der Waals surface area contributed by atoms with Crippen LogP contribution < -0.4 is 5.73 Å². The highest BCUT2D eigenvalue weighted by Gasteiger charge is 2.40. The summed E-state index contributed by atoms with van der Waals surface area (Å²) in [7, 11) is 0. The fourth-order valence-electron chi connectivity index (χ4n) is 4.03. The third kappa shape index (κ3) is 3.88. The minimum Gasteiger partial charge on any atom is -0.439 e. The zero-order valence-electron chi connectivity index (χ0n) is 18.4. The van der Waals surface area contributed by atoms with Gasteiger partial charge in [-0.2, -0.15) is 5.26 Å². The second kappa shape index (κ2) is 9.49. The Labute approximate surface area is 187 Å². The summed E-state index contributed by atoms with van der Waals surface area (Å²) in [6.45, 7) is 9.74. The number of Topliss-reactive ketones (excluding diaryl/α,β-unsaturated/α-hetero) is 1. The monoisotopic (exact) mass is 428 g/mol. The number of carbonyl (C=O) groups excluding carboxylic acids is 1. The third-order valence-corrected chi connectivity index (χ3v) is 5.50. The molecule has 0 saturated heterocycles. The zero-order valence-corrected chi connectivity index (χ0v) is 18.4. The van der Waals surface area contributed by atoms with Gasteiger partial charge in [0.05, 0.1) is 11.5 Å². The number of ether oxygens (including phenoxy) is 1. The molecule has 2 aliphatic rings. The molecule has 0 spiro atoms. The van der Waals surface area contributed by atoms with Gasteiger partial charge in [0.1, 0.15) is 23.2 Å². The average molecular weight is 429 g/mol. The Hall–Kier alpha value is -3.91. The first kappa shape index (κ1) is 22.8. The Bertz CT molecular complexity index is 1210. The molecule has 5 heteroatoms. The number of rotatable bonds is 3. The summed E-state index contributed by atoms with van der Waals surface area (Å²) in [4.78, 5) is 13.1. The first-order chi connectivity index (χ1) is 15.5. The van der Waals surface area contributed by atoms with E-state index in [4.69, 9.17) is 10.5 Å². The molecule has 2 aromatic rings. The van der Waals surface area contributed by atoms with E-state index < -0.39 is 11.7 Å². The minimum absolute atomic E-state index is 0.0736. The van der Waals surface area contributed by atoms with Gasteiger partial charge in [-0.15, -0.1) is 0 Å². The highest BCUT2D eigenvalue weighted by Crippen LogP contribution is 2.46. The van der Waals surface area contributed by atoms with Crippen molar-refractivity contribution in [2.45, 2.75) is 33.1 Å². The maximum absolute atomic E-state index is 13.9. The van der Waals surface area contributed by atoms with E-state index in [0.717, 1.165) is 16.7 Å². The second-order valence-corrected chi connectivity index (χ2v) is 7.14. The summed E-state index contributed by atoms with van der Waals surface area (Å²) in [5, 5.41) is 9.74. The van der Waals surface area contributed by atoms with Crippen LogP contribution in [0.5, 0.6) is 0 Å². The Kier molecular flexibility index (Phi) is 6.75. The summed E-state index contributed by atoms with van der Waals surface area (Å²) in [5.74, 6) is -1.12. The molecule has 2 aromatic carbocycles. The maximum Gasteiger partial charge on any atom is 0.205 e. The van der Waals surface area contributed by atoms with Crippen LogP contribution >= 0.6 is 0 Å². The number of carbonyl (C=O) groups is 1. The van der Waals surface area contributed by atoms with Crippen molar-refractivity contribution in [1.29, 1.82) is 5.26 Å². The first-order valence-corrected chi connectivity index (χ1v) is 10.5. The number of hydrogen-bond acceptors (Lipinski definition) is 4. The third-order valence-electron chi connectivity index (χ3n) is 5.50. The predicted molar refractivity (Wildman–Crippen MR) is 124 cm³/mol. The van der Waals surface area contributed by atoms with Crippen molar-refractivity contribution in [3.63, 3.8) is 0 Å². The molecular formula is C27H25FN2O2. The molecule has 0 bridgehead atoms. The number of nitrogens with zero attached hydrogens (tertiary/aromatic N) is 1. The smallest absolute Gasteiger partial charge is 0.205 e. The number of halogens is 1. The molecule has 0 aromatic heterocycles. The lowest BCUT2D eigenvalue weighted by atomic mass is 9.76. The summed E-state index contributed by atoms with van der Waals surface area (Å²) < 4.78 is 19.6. The van der Waals surface area contributed by atoms with Crippen LogP contribution in [-0.4, -0.2) is 5.78 Å². The van der Waals surface area contributed by atoms with E-state index in [2.05, 4.69) is 12.6 Å². The van der Waals surface area contributed by atoms with Gasteiger partial charge in [0.2, 0.25) is 5.88 Å². The Morgan fingerprint density at radius 1 is 1.25 bits per heavy atom. The molecule has 1 unspecified atom stereocenters. The van der Waals surface area contributed by atoms with Crippen LogP contribution in [0.15, 0.2) is 78.2 Å². The number of benzene rings is 2. The molecule has 32 heavy (non-hydrogen) atoms. The molecule has 4 nitrogen and oxygen atoms in total. The van der Waals surface area contributed by atoms with Crippen LogP contribution in [0.1, 0.15) is 48.9 Å². The largest absolute Gasteiger partial charge is 0.439 e. The fraction of sp³-hybridized carbons (Fsp3) is 0.185. The zero-order chi connectivity index (χ0) is 23.4. The lowest BCUT2D eigenvalue weighted by Gasteiger charge is -2.32. The Balaban J connectivity index is 0.00000141. The molecule has 0 amide bonds. The van der Waals surface area contributed by atoms with Crippen molar-refractivity contribution in [2.24, 2.45) is 5.73 Å². The normalized spacial score (nSPS) is 17.4. The van der Waals surface area contributed by atoms with Crippen molar-refractivity contribution in [1.82, 2.24) is 0 Å². The Morgan fingerprint density at radius 2 is 1.94 bits per heavy atom. The second-order valence-electron chi connectivity index (χ2n) is 7.14. The van der Waals surface area contributed by atoms with E-state index >= 15 is 0 Å². The van der Waals surface area contributed by atoms with Gasteiger partial charge >= 0.3 is 0 Å². The maximum atomic E-state index is 13.9. The summed E-state index contributed by atoms with van der Waals surface area (Å²) in [6.07, 6.45) is 3.83. The standard InChI is InChI=1S/C25H19FN2O2.C2H6/c1-3-14(4-2)15-5-7-16(8-6-15)22-20(13-27)25(28)30-24-19-12-18(26)10-9-17(19)11-21(29)23(22)24;1-2/h3-10,12,22H,1,11,28H2,2H3;1-2H3/b14-4+;. The number of nitrogens with two attached hydrogens (primary N) is 1. The number of allylic oxidation sites excluding steroid dienone is 5. The molecule has 1 heterocycles. The van der Waals surface area contributed by atoms with E-state index in [-0.39, 0.29) is 29.4 Å². The number of ketones is 1. The molecule has 0 saturated carbocycles. The molecule has 1 atom stereocenters. The highest BCUT2D eigenvalue weighted by molar-refractivity contribution is 6.08. The lowest BCUT2D eigenvalue weighted by Crippen LogP contribution is -2.28. The van der Waals surface area contributed by atoms with E-state index in [1.54, 1.807) is 12.1 Å². The molecule has 0 radical (unpaired) electrons. The van der Waals surface area contributed by atoms with Crippen LogP contribution in [0.25, 0.3) is 11.3 Å². The van der Waals surface area contributed by atoms with Gasteiger partial charge in [-0.05, 0) is 41.3 Å². The minimum atomic E-state index is -0.672. The van der Waals surface area contributed by atoms with Crippen molar-refractivity contribution in [2.75, 3.05) is 0 Å². The van der Waals surface area contributed by atoms with Crippen LogP contribution in [0.3, 0.4) is 0 Å². The summed E-state index contributed by atoms with van der Waals surface area (Å²) in [6, 6.07) is 13.9. The molecular weight excluding hydrogens is 403 g/mol. The van der Waals surface area contributed by atoms with Crippen molar-refractivity contribution < 1.29 is 13.9 Å². The molecule has 0 fully saturated rings. The van der Waals surface area contributed by atoms with Gasteiger partial charge in [-0.3, -0.25) is 4.79 Å². The molecule has 162 valence electrons. The van der Waals surface area contributed by atoms with Crippen molar-refractivity contribution in [3.05, 3.63) is 106 Å². The lowest BCUT2D eigenvalue weighted by molar-refractivity contribution is -0.115. The first-order valence-electron chi connectivity index (χ1n) is 10.5. The van der Waals surface area contributed by atoms with Crippen LogP contribution in [0, 0.1) is 17.1 Å². The van der Waals surface area contributed by atoms with Crippen LogP contribution in [-0.2, 0) is 16.0 Å². The fourth-order valence-corrected chi connectivity index (χ4v) is 4.03. The molecule has 1 aliphatic carbocycles. The van der Waals surface area contributed by atoms with Crippen molar-refractivity contribution >= 4 is 17.1 Å². The Morgan fingerprint density at radius 3 is 2.53 bits per heavy atom. The summed E-state index contributed by atoms with van der Waals surface area (Å²) in [5.41, 5.74) is 10.4.